The second kappa shape index (κ2) is 5.78. The van der Waals surface area contributed by atoms with Crippen LogP contribution in [0.25, 0.3) is 0 Å². The van der Waals surface area contributed by atoms with Crippen LogP contribution in [0.4, 0.5) is 4.39 Å². The van der Waals surface area contributed by atoms with Gasteiger partial charge in [-0.25, -0.2) is 4.39 Å². The molecular weight excluding hydrogens is 263 g/mol. The molecule has 0 radical (unpaired) electrons. The summed E-state index contributed by atoms with van der Waals surface area (Å²) < 4.78 is 13.8. The molecule has 0 saturated carbocycles. The lowest BCUT2D eigenvalue weighted by Crippen LogP contribution is -2.45. The van der Waals surface area contributed by atoms with Gasteiger partial charge in [-0.15, -0.1) is 0 Å². The maximum atomic E-state index is 13.8. The van der Waals surface area contributed by atoms with Crippen molar-refractivity contribution in [2.75, 3.05) is 13.1 Å². The average molecular weight is 283 g/mol. The molecule has 2 saturated heterocycles. The van der Waals surface area contributed by atoms with E-state index in [1.54, 1.807) is 12.1 Å². The van der Waals surface area contributed by atoms with Crippen LogP contribution in [0.2, 0.25) is 5.02 Å². The molecule has 2 fully saturated rings. The van der Waals surface area contributed by atoms with Gasteiger partial charge in [0.2, 0.25) is 0 Å². The van der Waals surface area contributed by atoms with E-state index < -0.39 is 0 Å². The van der Waals surface area contributed by atoms with Crippen LogP contribution in [-0.2, 0) is 6.54 Å². The first-order valence-electron chi connectivity index (χ1n) is 7.14. The summed E-state index contributed by atoms with van der Waals surface area (Å²) in [5.74, 6) is -0.282. The zero-order valence-corrected chi connectivity index (χ0v) is 11.8. The standard InChI is InChI=1S/C15H20ClFN2/c16-14-5-1-3-11(15(14)17)10-18-12-6-8-19-7-2-4-13(19)9-12/h1,3,5,12-13,18H,2,4,6-10H2. The van der Waals surface area contributed by atoms with Crippen LogP contribution >= 0.6 is 11.6 Å². The fourth-order valence-electron chi connectivity index (χ4n) is 3.35. The first kappa shape index (κ1) is 13.3. The molecule has 1 aromatic carbocycles. The Hall–Kier alpha value is -0.640. The van der Waals surface area contributed by atoms with Crippen molar-refractivity contribution in [1.82, 2.24) is 10.2 Å². The molecular formula is C15H20ClFN2. The highest BCUT2D eigenvalue weighted by molar-refractivity contribution is 6.30. The Labute approximate surface area is 118 Å². The Kier molecular flexibility index (Phi) is 4.06. The largest absolute Gasteiger partial charge is 0.310 e. The van der Waals surface area contributed by atoms with E-state index in [1.807, 2.05) is 6.07 Å². The van der Waals surface area contributed by atoms with Gasteiger partial charge in [-0.2, -0.15) is 0 Å². The molecule has 104 valence electrons. The number of benzene rings is 1. The van der Waals surface area contributed by atoms with Crippen molar-refractivity contribution in [2.24, 2.45) is 0 Å². The highest BCUT2D eigenvalue weighted by atomic mass is 35.5. The van der Waals surface area contributed by atoms with Gasteiger partial charge >= 0.3 is 0 Å². The molecule has 3 rings (SSSR count). The predicted octanol–water partition coefficient (Wildman–Crippen LogP) is 3.20. The third kappa shape index (κ3) is 2.93. The van der Waals surface area contributed by atoms with Crippen molar-refractivity contribution < 1.29 is 4.39 Å². The Morgan fingerprint density at radius 2 is 2.21 bits per heavy atom. The highest BCUT2D eigenvalue weighted by Crippen LogP contribution is 2.27. The summed E-state index contributed by atoms with van der Waals surface area (Å²) >= 11 is 5.80. The zero-order valence-electron chi connectivity index (χ0n) is 11.0. The molecule has 0 spiro atoms. The van der Waals surface area contributed by atoms with Crippen LogP contribution in [0, 0.1) is 5.82 Å². The quantitative estimate of drug-likeness (QED) is 0.916. The fourth-order valence-corrected chi connectivity index (χ4v) is 3.54. The first-order valence-corrected chi connectivity index (χ1v) is 7.52. The van der Waals surface area contributed by atoms with E-state index in [0.29, 0.717) is 18.2 Å². The van der Waals surface area contributed by atoms with Crippen LogP contribution in [0.5, 0.6) is 0 Å². The van der Waals surface area contributed by atoms with Gasteiger partial charge in [0.05, 0.1) is 5.02 Å². The Morgan fingerprint density at radius 3 is 3.11 bits per heavy atom. The van der Waals surface area contributed by atoms with Crippen LogP contribution < -0.4 is 5.32 Å². The summed E-state index contributed by atoms with van der Waals surface area (Å²) in [5.41, 5.74) is 0.668. The first-order chi connectivity index (χ1) is 9.24. The average Bonchev–Trinajstić information content (AvgIpc) is 2.88. The van der Waals surface area contributed by atoms with Crippen LogP contribution in [-0.4, -0.2) is 30.1 Å². The van der Waals surface area contributed by atoms with Gasteiger partial charge < -0.3 is 10.2 Å². The molecule has 2 nitrogen and oxygen atoms in total. The van der Waals surface area contributed by atoms with Crippen LogP contribution in [0.15, 0.2) is 18.2 Å². The van der Waals surface area contributed by atoms with E-state index in [0.717, 1.165) is 6.04 Å². The molecule has 1 N–H and O–H groups in total. The number of halogens is 2. The predicted molar refractivity (Wildman–Crippen MR) is 75.9 cm³/mol. The van der Waals surface area contributed by atoms with Crippen molar-refractivity contribution in [3.63, 3.8) is 0 Å². The maximum Gasteiger partial charge on any atom is 0.146 e. The summed E-state index contributed by atoms with van der Waals surface area (Å²) in [4.78, 5) is 2.60. The fraction of sp³-hybridized carbons (Fsp3) is 0.600. The van der Waals surface area contributed by atoms with Crippen molar-refractivity contribution in [3.05, 3.63) is 34.6 Å². The van der Waals surface area contributed by atoms with Crippen molar-refractivity contribution in [3.8, 4) is 0 Å². The molecule has 0 aliphatic carbocycles. The molecule has 19 heavy (non-hydrogen) atoms. The Balaban J connectivity index is 1.56. The number of nitrogens with one attached hydrogen (secondary N) is 1. The molecule has 2 aliphatic heterocycles. The SMILES string of the molecule is Fc1c(Cl)cccc1CNC1CCN2CCCC2C1. The zero-order chi connectivity index (χ0) is 13.2. The Bertz CT molecular complexity index is 452. The normalized spacial score (nSPS) is 27.5. The van der Waals surface area contributed by atoms with Gasteiger partial charge in [0, 0.05) is 24.2 Å². The summed E-state index contributed by atoms with van der Waals surface area (Å²) in [6, 6.07) is 6.46. The van der Waals surface area contributed by atoms with Crippen LogP contribution in [0.3, 0.4) is 0 Å². The van der Waals surface area contributed by atoms with E-state index in [-0.39, 0.29) is 10.8 Å². The second-order valence-electron chi connectivity index (χ2n) is 5.65. The lowest BCUT2D eigenvalue weighted by atomic mass is 9.97. The minimum absolute atomic E-state index is 0.213. The minimum atomic E-state index is -0.282. The third-order valence-corrected chi connectivity index (χ3v) is 4.73. The molecule has 2 unspecified atom stereocenters. The van der Waals surface area contributed by atoms with Gasteiger partial charge in [-0.1, -0.05) is 23.7 Å². The van der Waals surface area contributed by atoms with E-state index in [2.05, 4.69) is 10.2 Å². The lowest BCUT2D eigenvalue weighted by Gasteiger charge is -2.35. The number of hydrogen-bond acceptors (Lipinski definition) is 2. The van der Waals surface area contributed by atoms with E-state index in [1.165, 1.54) is 38.8 Å². The smallest absolute Gasteiger partial charge is 0.146 e. The van der Waals surface area contributed by atoms with Gasteiger partial charge in [-0.3, -0.25) is 0 Å². The molecule has 0 amide bonds. The molecule has 2 heterocycles. The number of nitrogens with zero attached hydrogens (tertiary/aromatic N) is 1. The summed E-state index contributed by atoms with van der Waals surface area (Å²) in [6.45, 7) is 3.02. The topological polar surface area (TPSA) is 15.3 Å². The molecule has 1 aromatic rings. The number of hydrogen-bond donors (Lipinski definition) is 1. The van der Waals surface area contributed by atoms with Gasteiger partial charge in [0.25, 0.3) is 0 Å². The maximum absolute atomic E-state index is 13.8. The van der Waals surface area contributed by atoms with Crippen molar-refractivity contribution in [1.29, 1.82) is 0 Å². The molecule has 2 atom stereocenters. The Morgan fingerprint density at radius 1 is 1.32 bits per heavy atom. The van der Waals surface area contributed by atoms with Gasteiger partial charge in [0.1, 0.15) is 5.82 Å². The van der Waals surface area contributed by atoms with E-state index in [9.17, 15) is 4.39 Å². The summed E-state index contributed by atoms with van der Waals surface area (Å²) in [7, 11) is 0. The summed E-state index contributed by atoms with van der Waals surface area (Å²) in [6.07, 6.45) is 5.02. The number of fused-ring (bicyclic) bond motifs is 1. The number of rotatable bonds is 3. The van der Waals surface area contributed by atoms with E-state index >= 15 is 0 Å². The van der Waals surface area contributed by atoms with Crippen molar-refractivity contribution in [2.45, 2.75) is 44.3 Å². The second-order valence-corrected chi connectivity index (χ2v) is 6.05. The molecule has 4 heteroatoms. The monoisotopic (exact) mass is 282 g/mol. The lowest BCUT2D eigenvalue weighted by molar-refractivity contribution is 0.166. The van der Waals surface area contributed by atoms with E-state index in [4.69, 9.17) is 11.6 Å². The highest BCUT2D eigenvalue weighted by Gasteiger charge is 2.31. The summed E-state index contributed by atoms with van der Waals surface area (Å²) in [5, 5.41) is 3.71. The minimum Gasteiger partial charge on any atom is -0.310 e. The molecule has 2 aliphatic rings. The molecule has 0 aromatic heterocycles. The third-order valence-electron chi connectivity index (χ3n) is 4.43. The number of piperidine rings is 1. The van der Waals surface area contributed by atoms with Crippen LogP contribution in [0.1, 0.15) is 31.2 Å². The van der Waals surface area contributed by atoms with Gasteiger partial charge in [-0.05, 0) is 44.8 Å². The van der Waals surface area contributed by atoms with Crippen molar-refractivity contribution >= 4 is 11.6 Å². The molecule has 0 bridgehead atoms. The van der Waals surface area contributed by atoms with Gasteiger partial charge in [0.15, 0.2) is 0 Å².